The summed E-state index contributed by atoms with van der Waals surface area (Å²) in [5.74, 6) is 1.11. The predicted molar refractivity (Wildman–Crippen MR) is 71.8 cm³/mol. The molecule has 1 heterocycles. The van der Waals surface area contributed by atoms with Gasteiger partial charge in [0.05, 0.1) is 4.47 Å². The zero-order valence-corrected chi connectivity index (χ0v) is 11.4. The fraction of sp³-hybridized carbons (Fsp3) is 0.615. The second-order valence-corrected chi connectivity index (χ2v) is 5.24. The summed E-state index contributed by atoms with van der Waals surface area (Å²) in [7, 11) is 0. The van der Waals surface area contributed by atoms with Gasteiger partial charge in [0.1, 0.15) is 5.82 Å². The van der Waals surface area contributed by atoms with E-state index in [1.54, 1.807) is 0 Å². The molecular formula is C13H19BrN2. The Morgan fingerprint density at radius 3 is 2.75 bits per heavy atom. The van der Waals surface area contributed by atoms with Crippen LogP contribution in [0, 0.1) is 0 Å². The van der Waals surface area contributed by atoms with Gasteiger partial charge in [-0.05, 0) is 47.8 Å². The molecule has 3 heteroatoms. The van der Waals surface area contributed by atoms with E-state index < -0.39 is 0 Å². The van der Waals surface area contributed by atoms with Gasteiger partial charge in [0.2, 0.25) is 0 Å². The van der Waals surface area contributed by atoms with E-state index >= 15 is 0 Å². The van der Waals surface area contributed by atoms with E-state index in [0.717, 1.165) is 16.8 Å². The molecule has 0 aliphatic heterocycles. The number of pyridine rings is 1. The first-order valence-electron chi connectivity index (χ1n) is 6.20. The zero-order chi connectivity index (χ0) is 11.4. The Balaban J connectivity index is 2.18. The van der Waals surface area contributed by atoms with Gasteiger partial charge in [-0.25, -0.2) is 4.98 Å². The standard InChI is InChI=1S/C13H19BrN2/c1-2-16(11-7-4-3-5-8-11)13-12(14)9-6-10-15-13/h6,9-11H,2-5,7-8H2,1H3. The summed E-state index contributed by atoms with van der Waals surface area (Å²) in [6, 6.07) is 4.74. The highest BCUT2D eigenvalue weighted by Crippen LogP contribution is 2.30. The third kappa shape index (κ3) is 2.57. The molecule has 0 saturated heterocycles. The van der Waals surface area contributed by atoms with E-state index in [4.69, 9.17) is 0 Å². The van der Waals surface area contributed by atoms with E-state index in [9.17, 15) is 0 Å². The number of aromatic nitrogens is 1. The van der Waals surface area contributed by atoms with Crippen molar-refractivity contribution in [1.82, 2.24) is 4.98 Å². The van der Waals surface area contributed by atoms with Gasteiger partial charge < -0.3 is 4.90 Å². The van der Waals surface area contributed by atoms with Crippen molar-refractivity contribution in [3.63, 3.8) is 0 Å². The van der Waals surface area contributed by atoms with Crippen molar-refractivity contribution < 1.29 is 0 Å². The van der Waals surface area contributed by atoms with E-state index in [2.05, 4.69) is 38.8 Å². The third-order valence-electron chi connectivity index (χ3n) is 3.37. The lowest BCUT2D eigenvalue weighted by Crippen LogP contribution is -2.37. The summed E-state index contributed by atoms with van der Waals surface area (Å²) in [6.07, 6.45) is 8.65. The molecular weight excluding hydrogens is 264 g/mol. The highest BCUT2D eigenvalue weighted by atomic mass is 79.9. The second-order valence-electron chi connectivity index (χ2n) is 4.39. The van der Waals surface area contributed by atoms with Crippen LogP contribution in [0.2, 0.25) is 0 Å². The molecule has 0 N–H and O–H groups in total. The van der Waals surface area contributed by atoms with Crippen LogP contribution in [0.25, 0.3) is 0 Å². The first kappa shape index (κ1) is 11.9. The van der Waals surface area contributed by atoms with Gasteiger partial charge in [0.15, 0.2) is 0 Å². The second kappa shape index (κ2) is 5.67. The van der Waals surface area contributed by atoms with Crippen molar-refractivity contribution >= 4 is 21.7 Å². The van der Waals surface area contributed by atoms with Crippen molar-refractivity contribution in [2.75, 3.05) is 11.4 Å². The van der Waals surface area contributed by atoms with Gasteiger partial charge in [0.25, 0.3) is 0 Å². The normalized spacial score (nSPS) is 17.4. The maximum absolute atomic E-state index is 4.50. The Labute approximate surface area is 106 Å². The molecule has 2 nitrogen and oxygen atoms in total. The zero-order valence-electron chi connectivity index (χ0n) is 9.82. The summed E-state index contributed by atoms with van der Waals surface area (Å²) in [4.78, 5) is 6.95. The molecule has 0 radical (unpaired) electrons. The molecule has 1 aliphatic rings. The largest absolute Gasteiger partial charge is 0.353 e. The number of nitrogens with zero attached hydrogens (tertiary/aromatic N) is 2. The fourth-order valence-electron chi connectivity index (χ4n) is 2.56. The molecule has 0 aromatic carbocycles. The van der Waals surface area contributed by atoms with Gasteiger partial charge in [-0.1, -0.05) is 19.3 Å². The van der Waals surface area contributed by atoms with Crippen LogP contribution in [-0.4, -0.2) is 17.6 Å². The molecule has 1 aromatic rings. The minimum Gasteiger partial charge on any atom is -0.353 e. The van der Waals surface area contributed by atoms with E-state index in [0.29, 0.717) is 6.04 Å². The Morgan fingerprint density at radius 2 is 2.12 bits per heavy atom. The Kier molecular flexibility index (Phi) is 4.22. The van der Waals surface area contributed by atoms with Crippen LogP contribution in [0.4, 0.5) is 5.82 Å². The van der Waals surface area contributed by atoms with E-state index in [1.807, 2.05) is 12.3 Å². The lowest BCUT2D eigenvalue weighted by atomic mass is 9.94. The van der Waals surface area contributed by atoms with Crippen LogP contribution in [0.15, 0.2) is 22.8 Å². The highest BCUT2D eigenvalue weighted by Gasteiger charge is 2.22. The van der Waals surface area contributed by atoms with Crippen molar-refractivity contribution in [2.45, 2.75) is 45.1 Å². The molecule has 0 amide bonds. The van der Waals surface area contributed by atoms with Crippen LogP contribution >= 0.6 is 15.9 Å². The van der Waals surface area contributed by atoms with Crippen LogP contribution in [-0.2, 0) is 0 Å². The molecule has 88 valence electrons. The molecule has 1 saturated carbocycles. The summed E-state index contributed by atoms with van der Waals surface area (Å²) >= 11 is 3.60. The summed E-state index contributed by atoms with van der Waals surface area (Å²) in [5, 5.41) is 0. The molecule has 0 spiro atoms. The smallest absolute Gasteiger partial charge is 0.143 e. The van der Waals surface area contributed by atoms with Crippen LogP contribution in [0.5, 0.6) is 0 Å². The van der Waals surface area contributed by atoms with Gasteiger partial charge in [-0.15, -0.1) is 0 Å². The van der Waals surface area contributed by atoms with Crippen molar-refractivity contribution in [3.05, 3.63) is 22.8 Å². The number of rotatable bonds is 3. The van der Waals surface area contributed by atoms with Crippen LogP contribution in [0.1, 0.15) is 39.0 Å². The lowest BCUT2D eigenvalue weighted by Gasteiger charge is -2.34. The number of hydrogen-bond acceptors (Lipinski definition) is 2. The Bertz CT molecular complexity index is 334. The van der Waals surface area contributed by atoms with Crippen molar-refractivity contribution in [2.24, 2.45) is 0 Å². The SMILES string of the molecule is CCN(c1ncccc1Br)C1CCCCC1. The highest BCUT2D eigenvalue weighted by molar-refractivity contribution is 9.10. The van der Waals surface area contributed by atoms with Gasteiger partial charge in [-0.3, -0.25) is 0 Å². The molecule has 0 unspecified atom stereocenters. The topological polar surface area (TPSA) is 16.1 Å². The fourth-order valence-corrected chi connectivity index (χ4v) is 3.05. The molecule has 16 heavy (non-hydrogen) atoms. The molecule has 1 aromatic heterocycles. The number of anilines is 1. The van der Waals surface area contributed by atoms with Gasteiger partial charge in [-0.2, -0.15) is 0 Å². The summed E-state index contributed by atoms with van der Waals surface area (Å²) < 4.78 is 1.11. The Morgan fingerprint density at radius 1 is 1.38 bits per heavy atom. The molecule has 2 rings (SSSR count). The minimum atomic E-state index is 0.685. The van der Waals surface area contributed by atoms with Gasteiger partial charge in [0, 0.05) is 18.8 Å². The van der Waals surface area contributed by atoms with Crippen molar-refractivity contribution in [3.8, 4) is 0 Å². The molecule has 0 atom stereocenters. The lowest BCUT2D eigenvalue weighted by molar-refractivity contribution is 0.416. The minimum absolute atomic E-state index is 0.685. The van der Waals surface area contributed by atoms with E-state index in [-0.39, 0.29) is 0 Å². The quantitative estimate of drug-likeness (QED) is 0.833. The number of hydrogen-bond donors (Lipinski definition) is 0. The maximum atomic E-state index is 4.50. The molecule has 0 bridgehead atoms. The summed E-state index contributed by atoms with van der Waals surface area (Å²) in [6.45, 7) is 3.26. The monoisotopic (exact) mass is 282 g/mol. The molecule has 1 aliphatic carbocycles. The number of halogens is 1. The predicted octanol–water partition coefficient (Wildman–Crippen LogP) is 4.00. The average molecular weight is 283 g/mol. The molecule has 1 fully saturated rings. The Hall–Kier alpha value is -0.570. The van der Waals surface area contributed by atoms with Crippen LogP contribution in [0.3, 0.4) is 0 Å². The first-order chi connectivity index (χ1) is 7.83. The van der Waals surface area contributed by atoms with Gasteiger partial charge >= 0.3 is 0 Å². The summed E-state index contributed by atoms with van der Waals surface area (Å²) in [5.41, 5.74) is 0. The van der Waals surface area contributed by atoms with E-state index in [1.165, 1.54) is 32.1 Å². The third-order valence-corrected chi connectivity index (χ3v) is 3.99. The van der Waals surface area contributed by atoms with Crippen LogP contribution < -0.4 is 4.90 Å². The maximum Gasteiger partial charge on any atom is 0.143 e. The average Bonchev–Trinajstić information content (AvgIpc) is 2.34. The first-order valence-corrected chi connectivity index (χ1v) is 6.99. The van der Waals surface area contributed by atoms with Crippen molar-refractivity contribution in [1.29, 1.82) is 0 Å².